The van der Waals surface area contributed by atoms with Crippen molar-refractivity contribution in [3.05, 3.63) is 48.5 Å². The summed E-state index contributed by atoms with van der Waals surface area (Å²) in [5.74, 6) is 1.46. The Morgan fingerprint density at radius 1 is 0.714 bits per heavy atom. The van der Waals surface area contributed by atoms with Crippen LogP contribution < -0.4 is 20.9 Å². The maximum atomic E-state index is 5.76. The van der Waals surface area contributed by atoms with E-state index in [0.29, 0.717) is 37.9 Å². The van der Waals surface area contributed by atoms with E-state index < -0.39 is 0 Å². The summed E-state index contributed by atoms with van der Waals surface area (Å²) >= 11 is 0. The molecule has 0 unspecified atom stereocenters. The largest absolute Gasteiger partial charge is 0.491 e. The Balaban J connectivity index is 1.54. The van der Waals surface area contributed by atoms with Gasteiger partial charge in [0.25, 0.3) is 0 Å². The molecular formula is C16H20N2O3. The van der Waals surface area contributed by atoms with E-state index in [9.17, 15) is 0 Å². The number of anilines is 2. The van der Waals surface area contributed by atoms with Gasteiger partial charge in [0.15, 0.2) is 0 Å². The SMILES string of the molecule is Nc1ccc(OCCOCCOc2ccccc2N)cc1. The molecule has 0 aromatic heterocycles. The first-order valence-electron chi connectivity index (χ1n) is 6.79. The second kappa shape index (κ2) is 8.01. The third-order valence-electron chi connectivity index (χ3n) is 2.78. The van der Waals surface area contributed by atoms with Crippen LogP contribution in [-0.4, -0.2) is 26.4 Å². The Bertz CT molecular complexity index is 543. The van der Waals surface area contributed by atoms with Crippen molar-refractivity contribution in [2.75, 3.05) is 37.9 Å². The van der Waals surface area contributed by atoms with Crippen LogP contribution >= 0.6 is 0 Å². The highest BCUT2D eigenvalue weighted by atomic mass is 16.5. The molecule has 2 aromatic rings. The lowest BCUT2D eigenvalue weighted by atomic mass is 10.3. The van der Waals surface area contributed by atoms with E-state index in [1.165, 1.54) is 0 Å². The zero-order valence-electron chi connectivity index (χ0n) is 11.8. The third kappa shape index (κ3) is 5.24. The van der Waals surface area contributed by atoms with E-state index in [1.54, 1.807) is 18.2 Å². The summed E-state index contributed by atoms with van der Waals surface area (Å²) in [4.78, 5) is 0. The maximum absolute atomic E-state index is 5.76. The molecular weight excluding hydrogens is 268 g/mol. The quantitative estimate of drug-likeness (QED) is 0.575. The van der Waals surface area contributed by atoms with Crippen molar-refractivity contribution < 1.29 is 14.2 Å². The van der Waals surface area contributed by atoms with E-state index in [4.69, 9.17) is 25.7 Å². The van der Waals surface area contributed by atoms with Gasteiger partial charge >= 0.3 is 0 Å². The van der Waals surface area contributed by atoms with E-state index in [2.05, 4.69) is 0 Å². The zero-order chi connectivity index (χ0) is 14.9. The van der Waals surface area contributed by atoms with Crippen molar-refractivity contribution in [3.63, 3.8) is 0 Å². The number of hydrogen-bond donors (Lipinski definition) is 2. The lowest BCUT2D eigenvalue weighted by Gasteiger charge is -2.09. The van der Waals surface area contributed by atoms with Gasteiger partial charge in [-0.3, -0.25) is 0 Å². The van der Waals surface area contributed by atoms with Gasteiger partial charge in [-0.15, -0.1) is 0 Å². The second-order valence-electron chi connectivity index (χ2n) is 4.42. The Morgan fingerprint density at radius 2 is 1.38 bits per heavy atom. The Labute approximate surface area is 124 Å². The van der Waals surface area contributed by atoms with Crippen LogP contribution in [0.3, 0.4) is 0 Å². The molecule has 0 aliphatic carbocycles. The number of ether oxygens (including phenoxy) is 3. The van der Waals surface area contributed by atoms with E-state index in [-0.39, 0.29) is 0 Å². The smallest absolute Gasteiger partial charge is 0.142 e. The highest BCUT2D eigenvalue weighted by Crippen LogP contribution is 2.19. The number of nitrogens with two attached hydrogens (primary N) is 2. The van der Waals surface area contributed by atoms with Gasteiger partial charge < -0.3 is 25.7 Å². The topological polar surface area (TPSA) is 79.7 Å². The molecule has 0 bridgehead atoms. The van der Waals surface area contributed by atoms with Gasteiger partial charge in [0.2, 0.25) is 0 Å². The summed E-state index contributed by atoms with van der Waals surface area (Å²) in [6, 6.07) is 14.6. The molecule has 5 nitrogen and oxygen atoms in total. The fraction of sp³-hybridized carbons (Fsp3) is 0.250. The first-order chi connectivity index (χ1) is 10.3. The summed E-state index contributed by atoms with van der Waals surface area (Å²) < 4.78 is 16.4. The van der Waals surface area contributed by atoms with Crippen LogP contribution in [0.2, 0.25) is 0 Å². The Kier molecular flexibility index (Phi) is 5.72. The molecule has 0 saturated heterocycles. The molecule has 0 aliphatic rings. The van der Waals surface area contributed by atoms with Crippen molar-refractivity contribution in [2.24, 2.45) is 0 Å². The van der Waals surface area contributed by atoms with Crippen molar-refractivity contribution in [3.8, 4) is 11.5 Å². The van der Waals surface area contributed by atoms with Crippen molar-refractivity contribution in [2.45, 2.75) is 0 Å². The molecule has 112 valence electrons. The Hall–Kier alpha value is -2.40. The fourth-order valence-electron chi connectivity index (χ4n) is 1.71. The van der Waals surface area contributed by atoms with Gasteiger partial charge in [0.05, 0.1) is 18.9 Å². The first kappa shape index (κ1) is 15.0. The summed E-state index contributed by atoms with van der Waals surface area (Å²) in [6.07, 6.45) is 0. The van der Waals surface area contributed by atoms with Crippen LogP contribution in [-0.2, 0) is 4.74 Å². The molecule has 0 fully saturated rings. The average molecular weight is 288 g/mol. The molecule has 0 spiro atoms. The van der Waals surface area contributed by atoms with Crippen LogP contribution in [0.25, 0.3) is 0 Å². The number of rotatable bonds is 8. The molecule has 0 radical (unpaired) electrons. The molecule has 4 N–H and O–H groups in total. The van der Waals surface area contributed by atoms with Gasteiger partial charge in [-0.2, -0.15) is 0 Å². The predicted octanol–water partition coefficient (Wildman–Crippen LogP) is 2.33. The molecule has 0 saturated carbocycles. The van der Waals surface area contributed by atoms with Crippen LogP contribution in [0.1, 0.15) is 0 Å². The second-order valence-corrected chi connectivity index (χ2v) is 4.42. The van der Waals surface area contributed by atoms with Gasteiger partial charge in [-0.1, -0.05) is 12.1 Å². The summed E-state index contributed by atoms with van der Waals surface area (Å²) in [6.45, 7) is 1.92. The average Bonchev–Trinajstić information content (AvgIpc) is 2.50. The van der Waals surface area contributed by atoms with Crippen molar-refractivity contribution in [1.82, 2.24) is 0 Å². The highest BCUT2D eigenvalue weighted by molar-refractivity contribution is 5.51. The monoisotopic (exact) mass is 288 g/mol. The summed E-state index contributed by atoms with van der Waals surface area (Å²) in [5.41, 5.74) is 12.7. The lowest BCUT2D eigenvalue weighted by molar-refractivity contribution is 0.0766. The fourth-order valence-corrected chi connectivity index (χ4v) is 1.71. The lowest BCUT2D eigenvalue weighted by Crippen LogP contribution is -2.12. The molecule has 2 aromatic carbocycles. The molecule has 0 amide bonds. The minimum Gasteiger partial charge on any atom is -0.491 e. The zero-order valence-corrected chi connectivity index (χ0v) is 11.8. The van der Waals surface area contributed by atoms with Gasteiger partial charge in [0, 0.05) is 5.69 Å². The minimum absolute atomic E-state index is 0.454. The van der Waals surface area contributed by atoms with Gasteiger partial charge in [-0.05, 0) is 36.4 Å². The van der Waals surface area contributed by atoms with Crippen LogP contribution in [0.5, 0.6) is 11.5 Å². The van der Waals surface area contributed by atoms with E-state index in [0.717, 1.165) is 11.4 Å². The minimum atomic E-state index is 0.454. The van der Waals surface area contributed by atoms with Crippen LogP contribution in [0, 0.1) is 0 Å². The molecule has 0 atom stereocenters. The van der Waals surface area contributed by atoms with Crippen molar-refractivity contribution >= 4 is 11.4 Å². The third-order valence-corrected chi connectivity index (χ3v) is 2.78. The Morgan fingerprint density at radius 3 is 2.10 bits per heavy atom. The normalized spacial score (nSPS) is 10.3. The number of para-hydroxylation sites is 2. The summed E-state index contributed by atoms with van der Waals surface area (Å²) in [5, 5.41) is 0. The molecule has 2 rings (SSSR count). The van der Waals surface area contributed by atoms with Crippen LogP contribution in [0.4, 0.5) is 11.4 Å². The molecule has 21 heavy (non-hydrogen) atoms. The number of benzene rings is 2. The molecule has 5 heteroatoms. The van der Waals surface area contributed by atoms with Gasteiger partial charge in [0.1, 0.15) is 24.7 Å². The first-order valence-corrected chi connectivity index (χ1v) is 6.79. The van der Waals surface area contributed by atoms with E-state index >= 15 is 0 Å². The number of hydrogen-bond acceptors (Lipinski definition) is 5. The highest BCUT2D eigenvalue weighted by Gasteiger charge is 1.98. The van der Waals surface area contributed by atoms with Crippen LogP contribution in [0.15, 0.2) is 48.5 Å². The maximum Gasteiger partial charge on any atom is 0.142 e. The van der Waals surface area contributed by atoms with Gasteiger partial charge in [-0.25, -0.2) is 0 Å². The standard InChI is InChI=1S/C16H20N2O3/c17-13-5-7-14(8-6-13)20-11-9-19-10-12-21-16-4-2-1-3-15(16)18/h1-8H,9-12,17-18H2. The molecule has 0 heterocycles. The van der Waals surface area contributed by atoms with E-state index in [1.807, 2.05) is 30.3 Å². The molecule has 0 aliphatic heterocycles. The summed E-state index contributed by atoms with van der Waals surface area (Å²) in [7, 11) is 0. The van der Waals surface area contributed by atoms with Crippen molar-refractivity contribution in [1.29, 1.82) is 0 Å². The number of nitrogen functional groups attached to an aromatic ring is 2. The predicted molar refractivity (Wildman–Crippen MR) is 83.5 cm³/mol.